The number of rotatable bonds is 2. The van der Waals surface area contributed by atoms with E-state index in [9.17, 15) is 9.59 Å². The number of benzene rings is 1. The van der Waals surface area contributed by atoms with Crippen LogP contribution in [0.2, 0.25) is 0 Å². The van der Waals surface area contributed by atoms with Gasteiger partial charge in [-0.2, -0.15) is 0 Å². The minimum atomic E-state index is -0.546. The molecule has 0 radical (unpaired) electrons. The van der Waals surface area contributed by atoms with Gasteiger partial charge in [0, 0.05) is 10.9 Å². The normalized spacial score (nSPS) is 20.1. The number of ether oxygens (including phenoxy) is 1. The lowest BCUT2D eigenvalue weighted by Crippen LogP contribution is -2.30. The van der Waals surface area contributed by atoms with Gasteiger partial charge in [-0.15, -0.1) is 0 Å². The molecule has 0 aliphatic heterocycles. The Morgan fingerprint density at radius 2 is 2.18 bits per heavy atom. The lowest BCUT2D eigenvalue weighted by molar-refractivity contribution is -0.129. The zero-order valence-electron chi connectivity index (χ0n) is 9.32. The predicted molar refractivity (Wildman–Crippen MR) is 66.8 cm³/mol. The quantitative estimate of drug-likeness (QED) is 0.788. The zero-order valence-corrected chi connectivity index (χ0v) is 10.9. The van der Waals surface area contributed by atoms with Gasteiger partial charge in [0.05, 0.1) is 5.56 Å². The Hall–Kier alpha value is -1.16. The van der Waals surface area contributed by atoms with Gasteiger partial charge in [-0.25, -0.2) is 4.79 Å². The molecule has 1 atom stereocenters. The van der Waals surface area contributed by atoms with E-state index in [1.54, 1.807) is 18.2 Å². The van der Waals surface area contributed by atoms with Crippen molar-refractivity contribution in [3.8, 4) is 0 Å². The van der Waals surface area contributed by atoms with E-state index in [0.29, 0.717) is 18.4 Å². The fourth-order valence-electron chi connectivity index (χ4n) is 1.89. The Kier molecular flexibility index (Phi) is 3.94. The van der Waals surface area contributed by atoms with Crippen LogP contribution in [0.25, 0.3) is 0 Å². The van der Waals surface area contributed by atoms with Gasteiger partial charge < -0.3 is 4.74 Å². The SMILES string of the molecule is O=C(O[C@@H]1CCCCC1=O)c1cccc(Br)c1. The molecule has 1 aromatic rings. The van der Waals surface area contributed by atoms with Crippen LogP contribution in [0, 0.1) is 0 Å². The first-order valence-electron chi connectivity index (χ1n) is 5.66. The second-order valence-corrected chi connectivity index (χ2v) is 5.03. The minimum absolute atomic E-state index is 0.0413. The molecular weight excluding hydrogens is 284 g/mol. The highest BCUT2D eigenvalue weighted by Crippen LogP contribution is 2.19. The van der Waals surface area contributed by atoms with Crippen LogP contribution in [0.1, 0.15) is 36.0 Å². The van der Waals surface area contributed by atoms with E-state index in [1.807, 2.05) is 6.07 Å². The highest BCUT2D eigenvalue weighted by atomic mass is 79.9. The molecule has 1 fully saturated rings. The van der Waals surface area contributed by atoms with Crippen LogP contribution < -0.4 is 0 Å². The van der Waals surface area contributed by atoms with E-state index < -0.39 is 12.1 Å². The maximum Gasteiger partial charge on any atom is 0.338 e. The van der Waals surface area contributed by atoms with E-state index in [4.69, 9.17) is 4.74 Å². The van der Waals surface area contributed by atoms with Gasteiger partial charge in [0.25, 0.3) is 0 Å². The molecule has 0 saturated heterocycles. The first-order chi connectivity index (χ1) is 8.16. The molecule has 1 aliphatic carbocycles. The second-order valence-electron chi connectivity index (χ2n) is 4.12. The molecule has 0 heterocycles. The van der Waals surface area contributed by atoms with E-state index in [1.165, 1.54) is 0 Å². The van der Waals surface area contributed by atoms with Crippen LogP contribution in [-0.4, -0.2) is 17.9 Å². The van der Waals surface area contributed by atoms with Crippen molar-refractivity contribution < 1.29 is 14.3 Å². The molecule has 4 heteroatoms. The van der Waals surface area contributed by atoms with E-state index in [2.05, 4.69) is 15.9 Å². The molecule has 0 unspecified atom stereocenters. The largest absolute Gasteiger partial charge is 0.451 e. The summed E-state index contributed by atoms with van der Waals surface area (Å²) in [6.07, 6.45) is 2.48. The molecule has 2 rings (SSSR count). The summed E-state index contributed by atoms with van der Waals surface area (Å²) >= 11 is 3.29. The lowest BCUT2D eigenvalue weighted by Gasteiger charge is -2.20. The van der Waals surface area contributed by atoms with Crippen molar-refractivity contribution in [1.82, 2.24) is 0 Å². The highest BCUT2D eigenvalue weighted by molar-refractivity contribution is 9.10. The third-order valence-electron chi connectivity index (χ3n) is 2.81. The van der Waals surface area contributed by atoms with Crippen LogP contribution >= 0.6 is 15.9 Å². The summed E-state index contributed by atoms with van der Waals surface area (Å²) in [5.41, 5.74) is 0.470. The Balaban J connectivity index is 2.03. The Morgan fingerprint density at radius 1 is 1.35 bits per heavy atom. The van der Waals surface area contributed by atoms with Gasteiger partial charge in [0.15, 0.2) is 11.9 Å². The fraction of sp³-hybridized carbons (Fsp3) is 0.385. The Morgan fingerprint density at radius 3 is 2.88 bits per heavy atom. The molecule has 0 bridgehead atoms. The Labute approximate surface area is 108 Å². The summed E-state index contributed by atoms with van der Waals surface area (Å²) in [5.74, 6) is -0.383. The maximum atomic E-state index is 11.8. The average Bonchev–Trinajstić information content (AvgIpc) is 2.32. The molecule has 1 saturated carbocycles. The fourth-order valence-corrected chi connectivity index (χ4v) is 2.29. The molecule has 0 N–H and O–H groups in total. The number of carbonyl (C=O) groups is 2. The van der Waals surface area contributed by atoms with Crippen LogP contribution in [0.15, 0.2) is 28.7 Å². The van der Waals surface area contributed by atoms with Crippen LogP contribution in [-0.2, 0) is 9.53 Å². The van der Waals surface area contributed by atoms with Gasteiger partial charge in [-0.3, -0.25) is 4.79 Å². The van der Waals surface area contributed by atoms with Gasteiger partial charge in [-0.1, -0.05) is 22.0 Å². The first-order valence-corrected chi connectivity index (χ1v) is 6.45. The summed E-state index contributed by atoms with van der Waals surface area (Å²) in [4.78, 5) is 23.4. The summed E-state index contributed by atoms with van der Waals surface area (Å²) < 4.78 is 6.06. The van der Waals surface area contributed by atoms with Crippen LogP contribution in [0.3, 0.4) is 0 Å². The predicted octanol–water partition coefficient (Wildman–Crippen LogP) is 3.12. The number of halogens is 1. The van der Waals surface area contributed by atoms with Crippen molar-refractivity contribution in [3.05, 3.63) is 34.3 Å². The van der Waals surface area contributed by atoms with Gasteiger partial charge in [-0.05, 0) is 37.5 Å². The second kappa shape index (κ2) is 5.45. The van der Waals surface area contributed by atoms with E-state index in [0.717, 1.165) is 17.3 Å². The minimum Gasteiger partial charge on any atom is -0.451 e. The maximum absolute atomic E-state index is 11.8. The third kappa shape index (κ3) is 3.16. The first kappa shape index (κ1) is 12.3. The van der Waals surface area contributed by atoms with Crippen molar-refractivity contribution in [3.63, 3.8) is 0 Å². The van der Waals surface area contributed by atoms with E-state index in [-0.39, 0.29) is 5.78 Å². The zero-order chi connectivity index (χ0) is 12.3. The molecule has 3 nitrogen and oxygen atoms in total. The van der Waals surface area contributed by atoms with Crippen molar-refractivity contribution in [2.75, 3.05) is 0 Å². The summed E-state index contributed by atoms with van der Waals surface area (Å²) in [6.45, 7) is 0. The number of hydrogen-bond acceptors (Lipinski definition) is 3. The number of carbonyl (C=O) groups excluding carboxylic acids is 2. The van der Waals surface area contributed by atoms with Crippen molar-refractivity contribution in [2.24, 2.45) is 0 Å². The number of esters is 1. The molecule has 0 amide bonds. The lowest BCUT2D eigenvalue weighted by atomic mass is 9.96. The summed E-state index contributed by atoms with van der Waals surface area (Å²) in [7, 11) is 0. The topological polar surface area (TPSA) is 43.4 Å². The van der Waals surface area contributed by atoms with Crippen molar-refractivity contribution in [2.45, 2.75) is 31.8 Å². The molecule has 0 spiro atoms. The molecular formula is C13H13BrO3. The molecule has 17 heavy (non-hydrogen) atoms. The molecule has 0 aromatic heterocycles. The summed E-state index contributed by atoms with van der Waals surface area (Å²) in [6, 6.07) is 6.97. The molecule has 1 aromatic carbocycles. The summed E-state index contributed by atoms with van der Waals surface area (Å²) in [5, 5.41) is 0. The van der Waals surface area contributed by atoms with Gasteiger partial charge in [0.2, 0.25) is 0 Å². The van der Waals surface area contributed by atoms with Crippen LogP contribution in [0.4, 0.5) is 0 Å². The van der Waals surface area contributed by atoms with Crippen LogP contribution in [0.5, 0.6) is 0 Å². The number of Topliss-reactive ketones (excluding diaryl/α,β-unsaturated/α-hetero) is 1. The van der Waals surface area contributed by atoms with Gasteiger partial charge >= 0.3 is 5.97 Å². The standard InChI is InChI=1S/C13H13BrO3/c14-10-5-3-4-9(8-10)13(16)17-12-7-2-1-6-11(12)15/h3-5,8,12H,1-2,6-7H2/t12-/m1/s1. The Bertz CT molecular complexity index is 442. The molecule has 1 aliphatic rings. The number of ketones is 1. The van der Waals surface area contributed by atoms with Crippen molar-refractivity contribution in [1.29, 1.82) is 0 Å². The van der Waals surface area contributed by atoms with E-state index >= 15 is 0 Å². The van der Waals surface area contributed by atoms with Gasteiger partial charge in [0.1, 0.15) is 0 Å². The average molecular weight is 297 g/mol. The molecule has 90 valence electrons. The highest BCUT2D eigenvalue weighted by Gasteiger charge is 2.26. The monoisotopic (exact) mass is 296 g/mol. The number of hydrogen-bond donors (Lipinski definition) is 0. The third-order valence-corrected chi connectivity index (χ3v) is 3.30. The smallest absolute Gasteiger partial charge is 0.338 e. The van der Waals surface area contributed by atoms with Crippen molar-refractivity contribution >= 4 is 27.7 Å².